The average Bonchev–Trinajstić information content (AvgIpc) is 2.19. The lowest BCUT2D eigenvalue weighted by Crippen LogP contribution is -2.07. The monoisotopic (exact) mass is 244 g/mol. The third-order valence-corrected chi connectivity index (χ3v) is 2.53. The Morgan fingerprint density at radius 2 is 2.00 bits per heavy atom. The smallest absolute Gasteiger partial charge is 0.137 e. The molecule has 2 atom stereocenters. The van der Waals surface area contributed by atoms with E-state index in [0.717, 1.165) is 5.56 Å². The lowest BCUT2D eigenvalue weighted by Gasteiger charge is -2.11. The molecule has 1 aromatic carbocycles. The summed E-state index contributed by atoms with van der Waals surface area (Å²) in [6, 6.07) is 5.19. The average molecular weight is 245 g/mol. The van der Waals surface area contributed by atoms with Crippen LogP contribution in [0.5, 0.6) is 5.75 Å². The molecule has 0 aromatic heterocycles. The van der Waals surface area contributed by atoms with Crippen molar-refractivity contribution in [2.45, 2.75) is 32.5 Å². The van der Waals surface area contributed by atoms with E-state index in [-0.39, 0.29) is 6.10 Å². The van der Waals surface area contributed by atoms with Gasteiger partial charge >= 0.3 is 0 Å². The molecule has 90 valence electrons. The van der Waals surface area contributed by atoms with Crippen molar-refractivity contribution in [2.75, 3.05) is 6.61 Å². The normalized spacial score (nSPS) is 14.6. The molecule has 0 aliphatic carbocycles. The van der Waals surface area contributed by atoms with Gasteiger partial charge < -0.3 is 14.9 Å². The predicted molar refractivity (Wildman–Crippen MR) is 63.9 cm³/mol. The van der Waals surface area contributed by atoms with E-state index >= 15 is 0 Å². The third-order valence-electron chi connectivity index (χ3n) is 2.23. The van der Waals surface area contributed by atoms with Crippen molar-refractivity contribution in [1.82, 2.24) is 0 Å². The van der Waals surface area contributed by atoms with Crippen molar-refractivity contribution in [3.63, 3.8) is 0 Å². The molecule has 4 heteroatoms. The summed E-state index contributed by atoms with van der Waals surface area (Å²) in [5.41, 5.74) is 0.757. The fourth-order valence-corrected chi connectivity index (χ4v) is 1.48. The van der Waals surface area contributed by atoms with E-state index < -0.39 is 6.10 Å². The summed E-state index contributed by atoms with van der Waals surface area (Å²) >= 11 is 5.99. The van der Waals surface area contributed by atoms with E-state index in [2.05, 4.69) is 0 Å². The third kappa shape index (κ3) is 4.00. The molecule has 16 heavy (non-hydrogen) atoms. The van der Waals surface area contributed by atoms with E-state index in [9.17, 15) is 5.11 Å². The molecular weight excluding hydrogens is 228 g/mol. The first-order valence-corrected chi connectivity index (χ1v) is 5.67. The zero-order chi connectivity index (χ0) is 12.1. The molecule has 0 saturated heterocycles. The predicted octanol–water partition coefficient (Wildman–Crippen LogP) is 2.54. The van der Waals surface area contributed by atoms with Crippen molar-refractivity contribution in [3.8, 4) is 5.75 Å². The first kappa shape index (κ1) is 13.3. The van der Waals surface area contributed by atoms with Crippen LogP contribution in [0.1, 0.15) is 31.9 Å². The Morgan fingerprint density at radius 1 is 1.31 bits per heavy atom. The molecule has 1 aromatic rings. The lowest BCUT2D eigenvalue weighted by molar-refractivity contribution is 0.155. The van der Waals surface area contributed by atoms with Gasteiger partial charge in [-0.3, -0.25) is 0 Å². The van der Waals surface area contributed by atoms with Crippen LogP contribution in [0.2, 0.25) is 5.02 Å². The maximum absolute atomic E-state index is 9.36. The second-order valence-electron chi connectivity index (χ2n) is 3.85. The van der Waals surface area contributed by atoms with Crippen molar-refractivity contribution in [2.24, 2.45) is 0 Å². The molecule has 1 unspecified atom stereocenters. The highest BCUT2D eigenvalue weighted by molar-refractivity contribution is 6.32. The molecule has 0 fully saturated rings. The summed E-state index contributed by atoms with van der Waals surface area (Å²) < 4.78 is 5.41. The fourth-order valence-electron chi connectivity index (χ4n) is 1.23. The van der Waals surface area contributed by atoms with Gasteiger partial charge in [-0.1, -0.05) is 17.7 Å². The topological polar surface area (TPSA) is 49.7 Å². The van der Waals surface area contributed by atoms with Crippen LogP contribution in [0.15, 0.2) is 18.2 Å². The van der Waals surface area contributed by atoms with Crippen LogP contribution in [0.4, 0.5) is 0 Å². The van der Waals surface area contributed by atoms with Gasteiger partial charge in [0.05, 0.1) is 23.8 Å². The minimum atomic E-state index is -0.538. The largest absolute Gasteiger partial charge is 0.492 e. The Hall–Kier alpha value is -0.770. The van der Waals surface area contributed by atoms with Gasteiger partial charge in [0, 0.05) is 6.42 Å². The summed E-state index contributed by atoms with van der Waals surface area (Å²) in [5, 5.41) is 18.9. The quantitative estimate of drug-likeness (QED) is 0.837. The highest BCUT2D eigenvalue weighted by atomic mass is 35.5. The molecule has 0 saturated carbocycles. The van der Waals surface area contributed by atoms with Crippen LogP contribution in [-0.4, -0.2) is 22.9 Å². The molecule has 0 radical (unpaired) electrons. The fraction of sp³-hybridized carbons (Fsp3) is 0.500. The number of rotatable bonds is 5. The van der Waals surface area contributed by atoms with Crippen LogP contribution in [-0.2, 0) is 0 Å². The van der Waals surface area contributed by atoms with E-state index in [1.165, 1.54) is 0 Å². The molecule has 0 bridgehead atoms. The molecule has 0 aliphatic heterocycles. The summed E-state index contributed by atoms with van der Waals surface area (Å²) in [6.07, 6.45) is -0.353. The van der Waals surface area contributed by atoms with E-state index in [1.54, 1.807) is 32.0 Å². The van der Waals surface area contributed by atoms with Crippen molar-refractivity contribution in [3.05, 3.63) is 28.8 Å². The van der Waals surface area contributed by atoms with Gasteiger partial charge in [0.25, 0.3) is 0 Å². The van der Waals surface area contributed by atoms with Crippen LogP contribution in [0.3, 0.4) is 0 Å². The second kappa shape index (κ2) is 6.09. The number of aliphatic hydroxyl groups is 2. The molecule has 3 nitrogen and oxygen atoms in total. The van der Waals surface area contributed by atoms with Gasteiger partial charge in [0.15, 0.2) is 0 Å². The van der Waals surface area contributed by atoms with Crippen LogP contribution >= 0.6 is 11.6 Å². The molecule has 0 amide bonds. The highest BCUT2D eigenvalue weighted by Crippen LogP contribution is 2.27. The van der Waals surface area contributed by atoms with E-state index in [4.69, 9.17) is 21.4 Å². The summed E-state index contributed by atoms with van der Waals surface area (Å²) in [4.78, 5) is 0. The Bertz CT molecular complexity index is 337. The molecular formula is C12H17ClO3. The summed E-state index contributed by atoms with van der Waals surface area (Å²) in [5.74, 6) is 0.576. The number of hydrogen-bond donors (Lipinski definition) is 2. The minimum Gasteiger partial charge on any atom is -0.492 e. The van der Waals surface area contributed by atoms with Crippen LogP contribution < -0.4 is 4.74 Å². The van der Waals surface area contributed by atoms with Gasteiger partial charge in [0.1, 0.15) is 5.75 Å². The van der Waals surface area contributed by atoms with Gasteiger partial charge in [-0.05, 0) is 31.5 Å². The zero-order valence-corrected chi connectivity index (χ0v) is 10.2. The molecule has 1 rings (SSSR count). The number of aliphatic hydroxyl groups excluding tert-OH is 2. The van der Waals surface area contributed by atoms with Gasteiger partial charge in [0.2, 0.25) is 0 Å². The van der Waals surface area contributed by atoms with Gasteiger partial charge in [-0.2, -0.15) is 0 Å². The standard InChI is InChI=1S/C12H17ClO3/c1-8(14)5-6-16-12-4-3-10(9(2)15)7-11(12)13/h3-4,7-9,14-15H,5-6H2,1-2H3/t8?,9-/m0/s1. The second-order valence-corrected chi connectivity index (χ2v) is 4.26. The van der Waals surface area contributed by atoms with Crippen LogP contribution in [0, 0.1) is 0 Å². The minimum absolute atomic E-state index is 0.379. The number of hydrogen-bond acceptors (Lipinski definition) is 3. The number of halogens is 1. The van der Waals surface area contributed by atoms with Crippen molar-refractivity contribution < 1.29 is 14.9 Å². The van der Waals surface area contributed by atoms with Gasteiger partial charge in [-0.25, -0.2) is 0 Å². The first-order valence-electron chi connectivity index (χ1n) is 5.29. The first-order chi connectivity index (χ1) is 7.50. The van der Waals surface area contributed by atoms with Crippen LogP contribution in [0.25, 0.3) is 0 Å². The Balaban J connectivity index is 2.61. The van der Waals surface area contributed by atoms with Crippen molar-refractivity contribution in [1.29, 1.82) is 0 Å². The Labute approximate surface area is 101 Å². The molecule has 0 spiro atoms. The van der Waals surface area contributed by atoms with Gasteiger partial charge in [-0.15, -0.1) is 0 Å². The maximum Gasteiger partial charge on any atom is 0.137 e. The number of benzene rings is 1. The molecule has 0 aliphatic rings. The molecule has 0 heterocycles. The molecule has 2 N–H and O–H groups in total. The highest BCUT2D eigenvalue weighted by Gasteiger charge is 2.06. The SMILES string of the molecule is CC(O)CCOc1ccc([C@H](C)O)cc1Cl. The van der Waals surface area contributed by atoms with E-state index in [0.29, 0.717) is 23.8 Å². The Kier molecular flexibility index (Phi) is 5.06. The lowest BCUT2D eigenvalue weighted by atomic mass is 10.1. The zero-order valence-electron chi connectivity index (χ0n) is 9.48. The summed E-state index contributed by atoms with van der Waals surface area (Å²) in [6.45, 7) is 3.81. The summed E-state index contributed by atoms with van der Waals surface area (Å²) in [7, 11) is 0. The maximum atomic E-state index is 9.36. The van der Waals surface area contributed by atoms with E-state index in [1.807, 2.05) is 0 Å². The Morgan fingerprint density at radius 3 is 2.50 bits per heavy atom. The van der Waals surface area contributed by atoms with Crippen molar-refractivity contribution >= 4 is 11.6 Å². The number of ether oxygens (including phenoxy) is 1.